The van der Waals surface area contributed by atoms with Gasteiger partial charge in [0.25, 0.3) is 0 Å². The Morgan fingerprint density at radius 3 is 1.70 bits per heavy atom. The molecule has 0 aromatic carbocycles. The van der Waals surface area contributed by atoms with E-state index in [2.05, 4.69) is 63.2 Å². The molecule has 12 atom stereocenters. The Morgan fingerprint density at radius 1 is 0.625 bits per heavy atom. The maximum Gasteiger partial charge on any atom is 0.309 e. The summed E-state index contributed by atoms with van der Waals surface area (Å²) < 4.78 is 56.4. The molecule has 364 valence electrons. The lowest BCUT2D eigenvalue weighted by Crippen LogP contribution is -2.73. The van der Waals surface area contributed by atoms with Crippen LogP contribution in [-0.4, -0.2) is 136 Å². The molecule has 1 N–H and O–H groups in total. The van der Waals surface area contributed by atoms with Gasteiger partial charge in [-0.1, -0.05) is 62.3 Å². The number of ether oxygens (including phenoxy) is 1. The van der Waals surface area contributed by atoms with E-state index in [9.17, 15) is 31.5 Å². The Bertz CT molecular complexity index is 2010. The third kappa shape index (κ3) is 7.26. The number of carboxylic acids is 1. The lowest BCUT2D eigenvalue weighted by molar-refractivity contribution is -0.282. The van der Waals surface area contributed by atoms with E-state index in [1.807, 2.05) is 13.8 Å². The van der Waals surface area contributed by atoms with E-state index in [1.54, 1.807) is 0 Å². The van der Waals surface area contributed by atoms with Crippen molar-refractivity contribution in [3.05, 3.63) is 0 Å². The highest BCUT2D eigenvalue weighted by Crippen LogP contribution is 2.82. The topological polar surface area (TPSA) is 142 Å². The van der Waals surface area contributed by atoms with Crippen molar-refractivity contribution in [1.82, 2.24) is 14.7 Å². The van der Waals surface area contributed by atoms with Gasteiger partial charge >= 0.3 is 11.9 Å². The summed E-state index contributed by atoms with van der Waals surface area (Å²) in [4.78, 5) is 33.4. The van der Waals surface area contributed by atoms with Crippen molar-refractivity contribution in [3.8, 4) is 0 Å². The maximum atomic E-state index is 13.8. The predicted molar refractivity (Wildman–Crippen MR) is 251 cm³/mol. The molecule has 0 radical (unpaired) electrons. The zero-order chi connectivity index (χ0) is 46.3. The van der Waals surface area contributed by atoms with Gasteiger partial charge in [0.05, 0.1) is 34.8 Å². The highest BCUT2D eigenvalue weighted by molar-refractivity contribution is 7.91. The van der Waals surface area contributed by atoms with Crippen molar-refractivity contribution in [3.63, 3.8) is 0 Å². The number of fused-ring (bicyclic) bond motifs is 7. The van der Waals surface area contributed by atoms with Crippen LogP contribution in [0.4, 0.5) is 0 Å². The number of aliphatic carboxylic acids is 1. The second-order valence-electron chi connectivity index (χ2n) is 26.0. The Morgan fingerprint density at radius 2 is 1.17 bits per heavy atom. The fourth-order valence-corrected chi connectivity index (χ4v) is 20.8. The van der Waals surface area contributed by atoms with Crippen LogP contribution >= 0.6 is 0 Å². The lowest BCUT2D eigenvalue weighted by atomic mass is 9.29. The number of carboxylic acid groups (broad SMARTS) is 1. The van der Waals surface area contributed by atoms with Crippen LogP contribution < -0.4 is 0 Å². The minimum Gasteiger partial charge on any atom is -0.481 e. The highest BCUT2D eigenvalue weighted by Gasteiger charge is 2.77. The average molecular weight is 932 g/mol. The molecular weight excluding hydrogens is 847 g/mol. The fourth-order valence-electron chi connectivity index (χ4n) is 18.2. The quantitative estimate of drug-likeness (QED) is 0.207. The van der Waals surface area contributed by atoms with Crippen LogP contribution in [0.3, 0.4) is 0 Å². The van der Waals surface area contributed by atoms with Crippen LogP contribution in [0, 0.1) is 73.4 Å². The van der Waals surface area contributed by atoms with E-state index in [-0.39, 0.29) is 73.6 Å². The number of hydrogen-bond donors (Lipinski definition) is 1. The Kier molecular flexibility index (Phi) is 11.7. The Labute approximate surface area is 387 Å². The van der Waals surface area contributed by atoms with Gasteiger partial charge in [0, 0.05) is 63.3 Å². The first-order valence-corrected chi connectivity index (χ1v) is 29.4. The maximum absolute atomic E-state index is 13.8. The minimum atomic E-state index is -2.97. The molecule has 0 unspecified atom stereocenters. The molecule has 0 spiro atoms. The van der Waals surface area contributed by atoms with E-state index in [0.717, 1.165) is 45.4 Å². The van der Waals surface area contributed by atoms with Crippen LogP contribution in [-0.2, 0) is 34.0 Å². The second kappa shape index (κ2) is 15.6. The molecule has 64 heavy (non-hydrogen) atoms. The van der Waals surface area contributed by atoms with Gasteiger partial charge in [-0.25, -0.2) is 16.8 Å². The molecule has 9 aliphatic rings. The SMILES string of the molecule is CC1([C@@H]2CC[C@]3(N(CCN4CCS(=O)(=O)CC4)CCN4CCS(=O)(=O)CC4)CC[C@@]4(C)[C@]5(C)CC[C@H]6C(C)(C)[C@@H](OC(=O)[C@H]7C[C@@H](C(=O)O)C7(C)C)CC[C@]6(C)[C@H]5CC[C@]4(C)[C@@H]23)CC1. The zero-order valence-corrected chi connectivity index (χ0v) is 42.8. The zero-order valence-electron chi connectivity index (χ0n) is 41.2. The van der Waals surface area contributed by atoms with Gasteiger partial charge in [-0.2, -0.15) is 0 Å². The van der Waals surface area contributed by atoms with Crippen molar-refractivity contribution in [2.75, 3.05) is 75.4 Å². The third-order valence-corrected chi connectivity index (χ3v) is 26.2. The number of carbonyl (C=O) groups is 2. The average Bonchev–Trinajstić information content (AvgIpc) is 3.81. The van der Waals surface area contributed by atoms with Crippen molar-refractivity contribution in [1.29, 1.82) is 0 Å². The Balaban J connectivity index is 0.994. The van der Waals surface area contributed by atoms with Gasteiger partial charge < -0.3 is 19.6 Å². The first-order chi connectivity index (χ1) is 29.7. The van der Waals surface area contributed by atoms with Gasteiger partial charge in [-0.05, 0) is 140 Å². The smallest absolute Gasteiger partial charge is 0.309 e. The summed E-state index contributed by atoms with van der Waals surface area (Å²) in [7, 11) is -5.94. The van der Waals surface area contributed by atoms with Gasteiger partial charge in [0.15, 0.2) is 19.7 Å². The van der Waals surface area contributed by atoms with Crippen LogP contribution in [0.5, 0.6) is 0 Å². The summed E-state index contributed by atoms with van der Waals surface area (Å²) in [5.74, 6) is 1.31. The molecular formula is C51H85N3O8S2. The summed E-state index contributed by atoms with van der Waals surface area (Å²) in [6, 6.07) is 0. The largest absolute Gasteiger partial charge is 0.481 e. The van der Waals surface area contributed by atoms with E-state index < -0.39 is 37.0 Å². The predicted octanol–water partition coefficient (Wildman–Crippen LogP) is 7.43. The number of rotatable bonds is 11. The molecule has 11 nitrogen and oxygen atoms in total. The molecule has 13 heteroatoms. The van der Waals surface area contributed by atoms with Crippen LogP contribution in [0.1, 0.15) is 146 Å². The number of nitrogens with zero attached hydrogens (tertiary/aromatic N) is 3. The van der Waals surface area contributed by atoms with Gasteiger partial charge in [0.2, 0.25) is 0 Å². The van der Waals surface area contributed by atoms with E-state index in [1.165, 1.54) is 57.8 Å². The van der Waals surface area contributed by atoms with Crippen LogP contribution in [0.15, 0.2) is 0 Å². The molecule has 9 fully saturated rings. The summed E-state index contributed by atoms with van der Waals surface area (Å²) in [6.45, 7) is 28.0. The summed E-state index contributed by atoms with van der Waals surface area (Å²) in [5, 5.41) is 9.76. The second-order valence-corrected chi connectivity index (χ2v) is 30.6. The molecule has 7 saturated carbocycles. The molecule has 0 bridgehead atoms. The van der Waals surface area contributed by atoms with Gasteiger partial charge in [0.1, 0.15) is 6.10 Å². The number of hydrogen-bond acceptors (Lipinski definition) is 10. The summed E-state index contributed by atoms with van der Waals surface area (Å²) in [5.41, 5.74) is 0.187. The summed E-state index contributed by atoms with van der Waals surface area (Å²) in [6.07, 6.45) is 14.4. The first-order valence-electron chi connectivity index (χ1n) is 25.7. The molecule has 2 aliphatic heterocycles. The number of carbonyl (C=O) groups excluding carboxylic acids is 1. The van der Waals surface area contributed by atoms with Gasteiger partial charge in [-0.15, -0.1) is 0 Å². The first kappa shape index (κ1) is 47.8. The molecule has 0 aromatic heterocycles. The standard InChI is InChI=1S/C51H85N3O8S2/c1-44(2)36(42(55)56)34-37(44)43(57)62-40-13-14-47(6)38(45(40,3)4)11-15-48(7)39(47)12-16-49(8)41-35(46(5)18-19-46)10-17-51(41,21-20-50(48,49)9)54(24-22-52-26-30-63(58,59)31-27-52)25-23-53-28-32-64(60,61)33-29-53/h35-41H,10-34H2,1-9H3,(H,55,56)/t35-,36+,37-,38+,39-,40+,41-,47+,48-,49-,50+,51+/m1/s1. The van der Waals surface area contributed by atoms with Crippen molar-refractivity contribution >= 4 is 31.6 Å². The van der Waals surface area contributed by atoms with Crippen molar-refractivity contribution < 1.29 is 36.3 Å². The van der Waals surface area contributed by atoms with E-state index in [0.29, 0.717) is 61.7 Å². The molecule has 0 amide bonds. The van der Waals surface area contributed by atoms with Crippen molar-refractivity contribution in [2.24, 2.45) is 73.4 Å². The normalized spacial score (nSPS) is 46.4. The molecule has 2 saturated heterocycles. The van der Waals surface area contributed by atoms with E-state index in [4.69, 9.17) is 4.74 Å². The van der Waals surface area contributed by atoms with Crippen LogP contribution in [0.25, 0.3) is 0 Å². The number of esters is 1. The fraction of sp³-hybridized carbons (Fsp3) is 0.961. The molecule has 0 aromatic rings. The molecule has 2 heterocycles. The lowest BCUT2D eigenvalue weighted by Gasteiger charge is -2.76. The van der Waals surface area contributed by atoms with Gasteiger partial charge in [-0.3, -0.25) is 14.5 Å². The third-order valence-electron chi connectivity index (χ3n) is 23.0. The monoisotopic (exact) mass is 932 g/mol. The number of sulfone groups is 2. The molecule has 7 aliphatic carbocycles. The van der Waals surface area contributed by atoms with E-state index >= 15 is 0 Å². The van der Waals surface area contributed by atoms with Crippen LogP contribution in [0.2, 0.25) is 0 Å². The molecule has 9 rings (SSSR count). The van der Waals surface area contributed by atoms with Crippen molar-refractivity contribution in [2.45, 2.75) is 157 Å². The minimum absolute atomic E-state index is 0.0575. The highest BCUT2D eigenvalue weighted by atomic mass is 32.2. The summed E-state index contributed by atoms with van der Waals surface area (Å²) >= 11 is 0. The Hall–Kier alpha value is -1.28.